The zero-order valence-electron chi connectivity index (χ0n) is 13.8. The van der Waals surface area contributed by atoms with Crippen LogP contribution >= 0.6 is 24.0 Å². The van der Waals surface area contributed by atoms with Gasteiger partial charge < -0.3 is 19.8 Å². The van der Waals surface area contributed by atoms with Gasteiger partial charge in [0.05, 0.1) is 0 Å². The predicted octanol–water partition coefficient (Wildman–Crippen LogP) is 3.53. The molecule has 0 saturated heterocycles. The van der Waals surface area contributed by atoms with Crippen LogP contribution < -0.4 is 10.6 Å². The molecule has 1 aromatic heterocycles. The summed E-state index contributed by atoms with van der Waals surface area (Å²) in [5, 5.41) is 7.65. The quantitative estimate of drug-likeness (QED) is 0.291. The molecule has 0 aliphatic carbocycles. The van der Waals surface area contributed by atoms with Crippen LogP contribution in [0, 0.1) is 0 Å². The van der Waals surface area contributed by atoms with Crippen molar-refractivity contribution in [3.8, 4) is 0 Å². The average Bonchev–Trinajstić information content (AvgIpc) is 2.95. The lowest BCUT2D eigenvalue weighted by Gasteiger charge is -2.10. The Bertz CT molecular complexity index is 565. The molecule has 23 heavy (non-hydrogen) atoms. The molecule has 1 aromatic carbocycles. The van der Waals surface area contributed by atoms with Gasteiger partial charge in [-0.3, -0.25) is 0 Å². The minimum absolute atomic E-state index is 0. The first-order valence-electron chi connectivity index (χ1n) is 7.91. The normalized spacial score (nSPS) is 11.3. The minimum atomic E-state index is 0. The van der Waals surface area contributed by atoms with E-state index in [1.165, 1.54) is 0 Å². The lowest BCUT2D eigenvalue weighted by atomic mass is 10.2. The molecular formula is C17H26IN3O2. The molecule has 0 radical (unpaired) electrons. The Morgan fingerprint density at radius 1 is 1.22 bits per heavy atom. The second-order valence-corrected chi connectivity index (χ2v) is 4.92. The molecule has 0 amide bonds. The second kappa shape index (κ2) is 11.3. The van der Waals surface area contributed by atoms with Gasteiger partial charge in [0.1, 0.15) is 17.9 Å². The highest BCUT2D eigenvalue weighted by Gasteiger charge is 2.03. The van der Waals surface area contributed by atoms with Crippen molar-refractivity contribution in [2.75, 3.05) is 26.3 Å². The maximum absolute atomic E-state index is 5.77. The van der Waals surface area contributed by atoms with Gasteiger partial charge in [-0.2, -0.15) is 0 Å². The zero-order chi connectivity index (χ0) is 15.6. The number of furan rings is 1. The summed E-state index contributed by atoms with van der Waals surface area (Å²) in [5.41, 5.74) is 0.905. The summed E-state index contributed by atoms with van der Waals surface area (Å²) >= 11 is 0. The molecule has 0 aliphatic heterocycles. The van der Waals surface area contributed by atoms with E-state index in [0.717, 1.165) is 55.4 Å². The van der Waals surface area contributed by atoms with Crippen molar-refractivity contribution in [2.24, 2.45) is 4.99 Å². The van der Waals surface area contributed by atoms with Crippen molar-refractivity contribution in [1.82, 2.24) is 10.6 Å². The fourth-order valence-electron chi connectivity index (χ4n) is 2.14. The van der Waals surface area contributed by atoms with E-state index in [4.69, 9.17) is 9.15 Å². The van der Waals surface area contributed by atoms with Crippen molar-refractivity contribution in [3.63, 3.8) is 0 Å². The Morgan fingerprint density at radius 2 is 2.04 bits per heavy atom. The van der Waals surface area contributed by atoms with Crippen molar-refractivity contribution in [1.29, 1.82) is 0 Å². The summed E-state index contributed by atoms with van der Waals surface area (Å²) in [6.07, 6.45) is 0.961. The van der Waals surface area contributed by atoms with Crippen molar-refractivity contribution < 1.29 is 9.15 Å². The minimum Gasteiger partial charge on any atom is -0.459 e. The first-order chi connectivity index (χ1) is 10.8. The van der Waals surface area contributed by atoms with Crippen LogP contribution in [0.1, 0.15) is 26.0 Å². The molecule has 5 nitrogen and oxygen atoms in total. The van der Waals surface area contributed by atoms with Gasteiger partial charge in [-0.15, -0.1) is 24.0 Å². The second-order valence-electron chi connectivity index (χ2n) is 4.92. The molecule has 0 saturated carbocycles. The molecule has 1 heterocycles. The molecule has 6 heteroatoms. The third-order valence-corrected chi connectivity index (χ3v) is 3.18. The van der Waals surface area contributed by atoms with Crippen molar-refractivity contribution in [2.45, 2.75) is 26.8 Å². The molecule has 2 rings (SSSR count). The summed E-state index contributed by atoms with van der Waals surface area (Å²) in [6.45, 7) is 7.79. The van der Waals surface area contributed by atoms with Crippen LogP contribution in [0.4, 0.5) is 0 Å². The van der Waals surface area contributed by atoms with Crippen LogP contribution in [-0.4, -0.2) is 32.3 Å². The molecule has 2 N–H and O–H groups in total. The number of halogens is 1. The zero-order valence-corrected chi connectivity index (χ0v) is 16.1. The van der Waals surface area contributed by atoms with Crippen molar-refractivity contribution in [3.05, 3.63) is 36.1 Å². The topological polar surface area (TPSA) is 58.8 Å². The average molecular weight is 431 g/mol. The molecule has 0 unspecified atom stereocenters. The van der Waals surface area contributed by atoms with E-state index in [9.17, 15) is 0 Å². The largest absolute Gasteiger partial charge is 0.459 e. The number of ether oxygens (including phenoxy) is 1. The molecule has 2 aromatic rings. The van der Waals surface area contributed by atoms with Gasteiger partial charge in [0.25, 0.3) is 0 Å². The molecule has 0 bridgehead atoms. The number of guanidine groups is 1. The third kappa shape index (κ3) is 6.78. The maximum atomic E-state index is 5.77. The fraction of sp³-hybridized carbons (Fsp3) is 0.471. The van der Waals surface area contributed by atoms with Gasteiger partial charge in [0, 0.05) is 31.7 Å². The van der Waals surface area contributed by atoms with E-state index >= 15 is 0 Å². The molecule has 0 aliphatic rings. The number of aliphatic imine (C=N–C) groups is 1. The van der Waals surface area contributed by atoms with Crippen LogP contribution in [0.25, 0.3) is 11.0 Å². The van der Waals surface area contributed by atoms with Gasteiger partial charge in [0.15, 0.2) is 5.96 Å². The number of nitrogens with zero attached hydrogens (tertiary/aromatic N) is 1. The van der Waals surface area contributed by atoms with E-state index in [2.05, 4.69) is 22.5 Å². The summed E-state index contributed by atoms with van der Waals surface area (Å²) in [6, 6.07) is 10.0. The molecule has 128 valence electrons. The first-order valence-corrected chi connectivity index (χ1v) is 7.91. The number of nitrogens with one attached hydrogen (secondary N) is 2. The van der Waals surface area contributed by atoms with E-state index in [1.807, 2.05) is 37.3 Å². The van der Waals surface area contributed by atoms with Crippen LogP contribution in [-0.2, 0) is 11.3 Å². The number of hydrogen-bond donors (Lipinski definition) is 2. The molecule has 0 fully saturated rings. The van der Waals surface area contributed by atoms with Crippen LogP contribution in [0.2, 0.25) is 0 Å². The van der Waals surface area contributed by atoms with Gasteiger partial charge in [-0.25, -0.2) is 4.99 Å². The smallest absolute Gasteiger partial charge is 0.191 e. The third-order valence-electron chi connectivity index (χ3n) is 3.18. The highest BCUT2D eigenvalue weighted by molar-refractivity contribution is 14.0. The lowest BCUT2D eigenvalue weighted by Crippen LogP contribution is -2.38. The highest BCUT2D eigenvalue weighted by atomic mass is 127. The fourth-order valence-corrected chi connectivity index (χ4v) is 2.14. The Kier molecular flexibility index (Phi) is 9.70. The molecular weight excluding hydrogens is 405 g/mol. The van der Waals surface area contributed by atoms with Crippen LogP contribution in [0.5, 0.6) is 0 Å². The van der Waals surface area contributed by atoms with Gasteiger partial charge in [0.2, 0.25) is 0 Å². The summed E-state index contributed by atoms with van der Waals surface area (Å²) in [5.74, 6) is 1.67. The Hall–Kier alpha value is -1.28. The summed E-state index contributed by atoms with van der Waals surface area (Å²) in [4.78, 5) is 4.56. The standard InChI is InChI=1S/C17H25N3O2.HI/c1-3-18-17(19-10-7-11-21-4-2)20-13-15-12-14-8-5-6-9-16(14)22-15;/h5-6,8-9,12H,3-4,7,10-11,13H2,1-2H3,(H2,18,19,20);1H. The molecule has 0 atom stereocenters. The highest BCUT2D eigenvalue weighted by Crippen LogP contribution is 2.19. The predicted molar refractivity (Wildman–Crippen MR) is 106 cm³/mol. The summed E-state index contributed by atoms with van der Waals surface area (Å²) < 4.78 is 11.1. The van der Waals surface area contributed by atoms with Crippen molar-refractivity contribution >= 4 is 40.9 Å². The van der Waals surface area contributed by atoms with E-state index < -0.39 is 0 Å². The van der Waals surface area contributed by atoms with Crippen LogP contribution in [0.15, 0.2) is 39.7 Å². The number of rotatable bonds is 8. The lowest BCUT2D eigenvalue weighted by molar-refractivity contribution is 0.145. The van der Waals surface area contributed by atoms with Crippen LogP contribution in [0.3, 0.4) is 0 Å². The Labute approximate surface area is 154 Å². The maximum Gasteiger partial charge on any atom is 0.191 e. The Balaban J connectivity index is 0.00000264. The SMILES string of the molecule is CCNC(=NCc1cc2ccccc2o1)NCCCOCC.I. The number of fused-ring (bicyclic) bond motifs is 1. The van der Waals surface area contributed by atoms with Gasteiger partial charge in [-0.05, 0) is 32.4 Å². The molecule has 0 spiro atoms. The number of hydrogen-bond acceptors (Lipinski definition) is 3. The number of benzene rings is 1. The van der Waals surface area contributed by atoms with E-state index in [0.29, 0.717) is 6.54 Å². The van der Waals surface area contributed by atoms with Gasteiger partial charge in [-0.1, -0.05) is 18.2 Å². The Morgan fingerprint density at radius 3 is 2.78 bits per heavy atom. The summed E-state index contributed by atoms with van der Waals surface area (Å²) in [7, 11) is 0. The van der Waals surface area contributed by atoms with E-state index in [1.54, 1.807) is 0 Å². The number of para-hydroxylation sites is 1. The van der Waals surface area contributed by atoms with E-state index in [-0.39, 0.29) is 24.0 Å². The monoisotopic (exact) mass is 431 g/mol. The first kappa shape index (κ1) is 19.8. The van der Waals surface area contributed by atoms with Gasteiger partial charge >= 0.3 is 0 Å².